The molecule has 9 aromatic carbocycles. The van der Waals surface area contributed by atoms with Crippen molar-refractivity contribution in [2.45, 2.75) is 63.2 Å². The summed E-state index contributed by atoms with van der Waals surface area (Å²) in [5.74, 6) is 1.28. The van der Waals surface area contributed by atoms with Gasteiger partial charge in [0.25, 0.3) is 0 Å². The van der Waals surface area contributed by atoms with E-state index in [1.54, 1.807) is 0 Å². The molecule has 0 spiro atoms. The van der Waals surface area contributed by atoms with Gasteiger partial charge in [-0.15, -0.1) is 11.3 Å². The average Bonchev–Trinajstić information content (AvgIpc) is 3.80. The van der Waals surface area contributed by atoms with Gasteiger partial charge in [-0.2, -0.15) is 0 Å². The molecule has 1 aromatic heterocycles. The molecule has 4 atom stereocenters. The van der Waals surface area contributed by atoms with Crippen LogP contribution in [-0.4, -0.2) is 0 Å². The molecule has 3 aliphatic rings. The highest BCUT2D eigenvalue weighted by Gasteiger charge is 2.37. The number of benzene rings is 9. The SMILES string of the molecule is CC1c2ccc(-c3ccc4c(c3)-c3ccccc3C(c3ccccc3)C4C)cc2-c2ccccc2CC1c1cc(-c2ccc3c(c2)C(C)(C)c2ccccc2-3)c2sc3ccccc3c2c1. The first-order valence-corrected chi connectivity index (χ1v) is 24.3. The van der Waals surface area contributed by atoms with Gasteiger partial charge in [0.2, 0.25) is 0 Å². The van der Waals surface area contributed by atoms with Crippen LogP contribution in [-0.2, 0) is 11.8 Å². The van der Waals surface area contributed by atoms with Crippen LogP contribution in [0.2, 0.25) is 0 Å². The van der Waals surface area contributed by atoms with Gasteiger partial charge in [-0.25, -0.2) is 0 Å². The first-order valence-electron chi connectivity index (χ1n) is 23.5. The van der Waals surface area contributed by atoms with Gasteiger partial charge in [0.1, 0.15) is 0 Å². The third-order valence-electron chi connectivity index (χ3n) is 15.8. The van der Waals surface area contributed by atoms with Crippen LogP contribution < -0.4 is 0 Å². The van der Waals surface area contributed by atoms with E-state index in [9.17, 15) is 0 Å². The van der Waals surface area contributed by atoms with Crippen LogP contribution >= 0.6 is 11.3 Å². The van der Waals surface area contributed by atoms with Crippen LogP contribution in [0, 0.1) is 0 Å². The summed E-state index contributed by atoms with van der Waals surface area (Å²) < 4.78 is 2.73. The van der Waals surface area contributed by atoms with E-state index in [0.29, 0.717) is 23.7 Å². The van der Waals surface area contributed by atoms with Crippen molar-refractivity contribution in [1.29, 1.82) is 0 Å². The molecule has 10 aromatic rings. The largest absolute Gasteiger partial charge is 0.135 e. The van der Waals surface area contributed by atoms with E-state index < -0.39 is 0 Å². The lowest BCUT2D eigenvalue weighted by Crippen LogP contribution is -2.17. The van der Waals surface area contributed by atoms with Crippen molar-refractivity contribution in [3.63, 3.8) is 0 Å². The summed E-state index contributed by atoms with van der Waals surface area (Å²) in [7, 11) is 0. The van der Waals surface area contributed by atoms with Crippen LogP contribution in [0.4, 0.5) is 0 Å². The zero-order valence-corrected chi connectivity index (χ0v) is 38.2. The molecule has 1 heterocycles. The second-order valence-corrected chi connectivity index (χ2v) is 20.7. The van der Waals surface area contributed by atoms with Crippen molar-refractivity contribution in [3.05, 3.63) is 239 Å². The molecule has 0 bridgehead atoms. The molecule has 3 aliphatic carbocycles. The van der Waals surface area contributed by atoms with E-state index in [-0.39, 0.29) is 5.41 Å². The highest BCUT2D eigenvalue weighted by atomic mass is 32.1. The van der Waals surface area contributed by atoms with Gasteiger partial charge in [0.15, 0.2) is 0 Å². The Morgan fingerprint density at radius 3 is 1.86 bits per heavy atom. The number of hydrogen-bond donors (Lipinski definition) is 0. The fourth-order valence-corrected chi connectivity index (χ4v) is 13.7. The van der Waals surface area contributed by atoms with Crippen LogP contribution in [0.3, 0.4) is 0 Å². The predicted molar refractivity (Wildman–Crippen MR) is 277 cm³/mol. The van der Waals surface area contributed by atoms with Crippen molar-refractivity contribution < 1.29 is 0 Å². The second kappa shape index (κ2) is 14.6. The maximum Gasteiger partial charge on any atom is 0.0434 e. The highest BCUT2D eigenvalue weighted by molar-refractivity contribution is 7.26. The molecular weight excluding hydrogens is 801 g/mol. The summed E-state index contributed by atoms with van der Waals surface area (Å²) in [6.45, 7) is 9.69. The van der Waals surface area contributed by atoms with Gasteiger partial charge in [-0.05, 0) is 161 Å². The van der Waals surface area contributed by atoms with Gasteiger partial charge in [-0.3, -0.25) is 0 Å². The molecule has 0 radical (unpaired) electrons. The van der Waals surface area contributed by atoms with E-state index in [0.717, 1.165) is 6.42 Å². The topological polar surface area (TPSA) is 0 Å². The Morgan fingerprint density at radius 1 is 0.415 bits per heavy atom. The zero-order chi connectivity index (χ0) is 43.6. The second-order valence-electron chi connectivity index (χ2n) is 19.6. The average molecular weight is 851 g/mol. The number of fused-ring (bicyclic) bond motifs is 12. The van der Waals surface area contributed by atoms with Crippen molar-refractivity contribution >= 4 is 31.5 Å². The molecule has 4 unspecified atom stereocenters. The minimum Gasteiger partial charge on any atom is -0.135 e. The number of hydrogen-bond acceptors (Lipinski definition) is 1. The predicted octanol–water partition coefficient (Wildman–Crippen LogP) is 17.7. The van der Waals surface area contributed by atoms with E-state index in [1.165, 1.54) is 120 Å². The minimum absolute atomic E-state index is 0.0612. The Labute approximate surface area is 386 Å². The summed E-state index contributed by atoms with van der Waals surface area (Å²) in [5.41, 5.74) is 24.7. The lowest BCUT2D eigenvalue weighted by molar-refractivity contribution is 0.580. The fraction of sp³-hybridized carbons (Fsp3) is 0.156. The van der Waals surface area contributed by atoms with Crippen molar-refractivity contribution in [3.8, 4) is 55.6 Å². The third-order valence-corrected chi connectivity index (χ3v) is 17.1. The Kier molecular flexibility index (Phi) is 8.69. The molecule has 0 saturated carbocycles. The summed E-state index contributed by atoms with van der Waals surface area (Å²) in [6.07, 6.45) is 0.983. The van der Waals surface area contributed by atoms with Crippen molar-refractivity contribution in [2.24, 2.45) is 0 Å². The Hall–Kier alpha value is -6.80. The fourth-order valence-electron chi connectivity index (χ4n) is 12.5. The standard InChI is InChI=1S/C64H50S/c1-38-46-29-26-41(42-27-30-47-39(2)62(40-16-6-5-7-17-40)53-23-11-10-20-49(53)57(47)33-42)32-56(46)48-19-9-8-18-43(48)34-54(38)45-35-55(63-58(36-45)52-22-13-15-25-61(52)65-63)44-28-31-51-50-21-12-14-24-59(50)64(3,4)60(51)37-44/h5-33,35-39,54,62H,34H2,1-4H3. The molecule has 0 aliphatic heterocycles. The van der Waals surface area contributed by atoms with Crippen LogP contribution in [0.25, 0.3) is 75.8 Å². The molecule has 0 fully saturated rings. The van der Waals surface area contributed by atoms with E-state index in [4.69, 9.17) is 0 Å². The summed E-state index contributed by atoms with van der Waals surface area (Å²) in [6, 6.07) is 74.5. The Bertz CT molecular complexity index is 3540. The lowest BCUT2D eigenvalue weighted by atomic mass is 9.69. The van der Waals surface area contributed by atoms with E-state index in [2.05, 4.69) is 222 Å². The molecule has 1 heteroatoms. The molecule has 13 rings (SSSR count). The third kappa shape index (κ3) is 5.88. The first-order chi connectivity index (χ1) is 31.8. The number of thiophene rings is 1. The van der Waals surface area contributed by atoms with E-state index >= 15 is 0 Å². The zero-order valence-electron chi connectivity index (χ0n) is 37.4. The quantitative estimate of drug-likeness (QED) is 0.165. The summed E-state index contributed by atoms with van der Waals surface area (Å²) in [4.78, 5) is 0. The first kappa shape index (κ1) is 38.6. The normalized spacial score (nSPS) is 18.8. The molecule has 65 heavy (non-hydrogen) atoms. The summed E-state index contributed by atoms with van der Waals surface area (Å²) >= 11 is 1.94. The Morgan fingerprint density at radius 2 is 1.05 bits per heavy atom. The maximum absolute atomic E-state index is 2.58. The molecule has 0 amide bonds. The lowest BCUT2D eigenvalue weighted by Gasteiger charge is -2.34. The summed E-state index contributed by atoms with van der Waals surface area (Å²) in [5, 5.41) is 2.73. The Balaban J connectivity index is 0.933. The van der Waals surface area contributed by atoms with Gasteiger partial charge in [-0.1, -0.05) is 185 Å². The molecule has 0 N–H and O–H groups in total. The molecular formula is C64H50S. The molecule has 0 nitrogen and oxygen atoms in total. The number of rotatable bonds is 4. The van der Waals surface area contributed by atoms with Crippen LogP contribution in [0.1, 0.15) is 95.9 Å². The van der Waals surface area contributed by atoms with Gasteiger partial charge in [0, 0.05) is 31.5 Å². The van der Waals surface area contributed by atoms with Gasteiger partial charge < -0.3 is 0 Å². The van der Waals surface area contributed by atoms with Crippen LogP contribution in [0.5, 0.6) is 0 Å². The van der Waals surface area contributed by atoms with Crippen LogP contribution in [0.15, 0.2) is 194 Å². The monoisotopic (exact) mass is 850 g/mol. The van der Waals surface area contributed by atoms with Crippen molar-refractivity contribution in [2.75, 3.05) is 0 Å². The maximum atomic E-state index is 2.58. The minimum atomic E-state index is -0.0612. The molecule has 0 saturated heterocycles. The molecule has 312 valence electrons. The smallest absolute Gasteiger partial charge is 0.0434 e. The van der Waals surface area contributed by atoms with E-state index in [1.807, 2.05) is 11.3 Å². The van der Waals surface area contributed by atoms with Crippen molar-refractivity contribution in [1.82, 2.24) is 0 Å². The van der Waals surface area contributed by atoms with Gasteiger partial charge in [0.05, 0.1) is 0 Å². The highest BCUT2D eigenvalue weighted by Crippen LogP contribution is 2.54. The van der Waals surface area contributed by atoms with Gasteiger partial charge >= 0.3 is 0 Å².